The van der Waals surface area contributed by atoms with Crippen molar-refractivity contribution in [3.8, 4) is 11.5 Å². The number of carbonyl (C=O) groups excluding carboxylic acids is 1. The van der Waals surface area contributed by atoms with E-state index in [1.54, 1.807) is 17.3 Å². The molecule has 1 saturated heterocycles. The lowest BCUT2D eigenvalue weighted by molar-refractivity contribution is 0.157. The molecule has 2 amide bonds. The van der Waals surface area contributed by atoms with E-state index in [-0.39, 0.29) is 18.0 Å². The van der Waals surface area contributed by atoms with Crippen LogP contribution < -0.4 is 19.3 Å². The van der Waals surface area contributed by atoms with Crippen molar-refractivity contribution in [1.29, 1.82) is 0 Å². The Bertz CT molecular complexity index is 1230. The molecule has 0 spiro atoms. The molecular weight excluding hydrogens is 458 g/mol. The number of ether oxygens (including phenoxy) is 2. The molecule has 2 aliphatic rings. The number of hydrogen-bond acceptors (Lipinski definition) is 6. The number of aromatic amines is 1. The van der Waals surface area contributed by atoms with Crippen LogP contribution in [-0.4, -0.2) is 86.3 Å². The minimum absolute atomic E-state index is 0.0442. The summed E-state index contributed by atoms with van der Waals surface area (Å²) in [5.41, 5.74) is 1.54. The number of benzene rings is 1. The zero-order valence-electron chi connectivity index (χ0n) is 20.0. The zero-order chi connectivity index (χ0) is 24.7. The molecule has 11 heteroatoms. The number of halogens is 2. The second kappa shape index (κ2) is 9.31. The van der Waals surface area contributed by atoms with Crippen molar-refractivity contribution in [2.75, 3.05) is 70.3 Å². The van der Waals surface area contributed by atoms with Gasteiger partial charge < -0.3 is 19.4 Å². The number of anilines is 2. The number of methoxy groups -OCH3 is 2. The molecule has 0 atom stereocenters. The first-order valence-corrected chi connectivity index (χ1v) is 11.5. The van der Waals surface area contributed by atoms with Crippen molar-refractivity contribution in [1.82, 2.24) is 19.8 Å². The summed E-state index contributed by atoms with van der Waals surface area (Å²) in [6, 6.07) is 2.48. The Morgan fingerprint density at radius 2 is 1.71 bits per heavy atom. The number of likely N-dealkylation sites (N-methyl/N-ethyl adjacent to an activating group) is 1. The number of piperazine rings is 1. The highest BCUT2D eigenvalue weighted by Gasteiger charge is 2.37. The first kappa shape index (κ1) is 23.3. The number of H-pyrrole nitrogens is 1. The molecule has 9 nitrogen and oxygen atoms in total. The molecule has 186 valence electrons. The number of pyridine rings is 1. The maximum absolute atomic E-state index is 15.4. The molecule has 0 bridgehead atoms. The summed E-state index contributed by atoms with van der Waals surface area (Å²) in [5, 5.41) is 0.790. The first-order chi connectivity index (χ1) is 16.9. The van der Waals surface area contributed by atoms with E-state index >= 15 is 8.78 Å². The average molecular weight is 487 g/mol. The Kier molecular flexibility index (Phi) is 6.20. The van der Waals surface area contributed by atoms with E-state index in [0.717, 1.165) is 42.5 Å². The Morgan fingerprint density at radius 1 is 1.03 bits per heavy atom. The van der Waals surface area contributed by atoms with Crippen molar-refractivity contribution in [3.05, 3.63) is 41.7 Å². The van der Waals surface area contributed by atoms with Gasteiger partial charge in [0.05, 0.1) is 26.5 Å². The quantitative estimate of drug-likeness (QED) is 0.577. The highest BCUT2D eigenvalue weighted by Crippen LogP contribution is 2.42. The maximum atomic E-state index is 15.4. The van der Waals surface area contributed by atoms with Crippen molar-refractivity contribution in [2.45, 2.75) is 6.54 Å². The summed E-state index contributed by atoms with van der Waals surface area (Å²) < 4.78 is 40.9. The van der Waals surface area contributed by atoms with Crippen LogP contribution in [0.1, 0.15) is 5.56 Å². The Balaban J connectivity index is 1.57. The van der Waals surface area contributed by atoms with Gasteiger partial charge in [0.2, 0.25) is 0 Å². The molecule has 4 heterocycles. The van der Waals surface area contributed by atoms with E-state index in [0.29, 0.717) is 30.0 Å². The number of fused-ring (bicyclic) bond motifs is 3. The van der Waals surface area contributed by atoms with Gasteiger partial charge in [-0.15, -0.1) is 0 Å². The molecule has 0 aliphatic carbocycles. The summed E-state index contributed by atoms with van der Waals surface area (Å²) in [6.07, 6.45) is 3.41. The lowest BCUT2D eigenvalue weighted by Crippen LogP contribution is -2.52. The molecule has 1 fully saturated rings. The third-order valence-corrected chi connectivity index (χ3v) is 6.75. The molecule has 0 radical (unpaired) electrons. The van der Waals surface area contributed by atoms with Crippen molar-refractivity contribution < 1.29 is 23.0 Å². The second-order valence-electron chi connectivity index (χ2n) is 8.79. The summed E-state index contributed by atoms with van der Waals surface area (Å²) in [4.78, 5) is 28.6. The predicted octanol–water partition coefficient (Wildman–Crippen LogP) is 3.05. The Morgan fingerprint density at radius 3 is 2.37 bits per heavy atom. The van der Waals surface area contributed by atoms with E-state index < -0.39 is 23.4 Å². The highest BCUT2D eigenvalue weighted by atomic mass is 19.1. The Labute approximate surface area is 201 Å². The monoisotopic (exact) mass is 486 g/mol. The van der Waals surface area contributed by atoms with E-state index in [2.05, 4.69) is 26.8 Å². The molecule has 1 aromatic carbocycles. The Hall–Kier alpha value is -3.44. The van der Waals surface area contributed by atoms with Crippen molar-refractivity contribution in [2.24, 2.45) is 0 Å². The smallest absolute Gasteiger partial charge is 0.329 e. The number of urea groups is 1. The van der Waals surface area contributed by atoms with Gasteiger partial charge in [-0.05, 0) is 13.1 Å². The molecule has 35 heavy (non-hydrogen) atoms. The van der Waals surface area contributed by atoms with Gasteiger partial charge in [0, 0.05) is 68.7 Å². The first-order valence-electron chi connectivity index (χ1n) is 11.5. The van der Waals surface area contributed by atoms with Gasteiger partial charge in [0.25, 0.3) is 0 Å². The van der Waals surface area contributed by atoms with Crippen molar-refractivity contribution in [3.63, 3.8) is 0 Å². The van der Waals surface area contributed by atoms with Gasteiger partial charge in [-0.3, -0.25) is 14.7 Å². The van der Waals surface area contributed by atoms with Crippen LogP contribution in [0.4, 0.5) is 25.0 Å². The molecule has 2 aromatic heterocycles. The number of aromatic nitrogens is 2. The van der Waals surface area contributed by atoms with E-state index in [1.165, 1.54) is 14.2 Å². The predicted molar refractivity (Wildman–Crippen MR) is 128 cm³/mol. The fraction of sp³-hybridized carbons (Fsp3) is 0.417. The van der Waals surface area contributed by atoms with Crippen molar-refractivity contribution >= 4 is 28.4 Å². The lowest BCUT2D eigenvalue weighted by Gasteiger charge is -2.39. The van der Waals surface area contributed by atoms with Crippen LogP contribution in [0.15, 0.2) is 24.5 Å². The number of rotatable bonds is 6. The lowest BCUT2D eigenvalue weighted by atomic mass is 10.1. The molecular formula is C24H28F2N6O3. The summed E-state index contributed by atoms with van der Waals surface area (Å²) in [6.45, 7) is 4.62. The average Bonchev–Trinajstić information content (AvgIpc) is 3.34. The van der Waals surface area contributed by atoms with Crippen LogP contribution in [0.3, 0.4) is 0 Å². The fourth-order valence-corrected chi connectivity index (χ4v) is 4.75. The van der Waals surface area contributed by atoms with Crippen LogP contribution in [0.5, 0.6) is 11.5 Å². The minimum Gasteiger partial charge on any atom is -0.493 e. The number of amides is 2. The van der Waals surface area contributed by atoms with Crippen LogP contribution in [-0.2, 0) is 6.54 Å². The number of nitrogens with zero attached hydrogens (tertiary/aromatic N) is 5. The maximum Gasteiger partial charge on any atom is 0.329 e. The van der Waals surface area contributed by atoms with Crippen LogP contribution in [0, 0.1) is 11.6 Å². The number of carbonyl (C=O) groups is 1. The number of hydrogen-bond donors (Lipinski definition) is 1. The van der Waals surface area contributed by atoms with Crippen LogP contribution in [0.25, 0.3) is 11.0 Å². The van der Waals surface area contributed by atoms with E-state index in [9.17, 15) is 4.79 Å². The largest absolute Gasteiger partial charge is 0.493 e. The third kappa shape index (κ3) is 4.04. The summed E-state index contributed by atoms with van der Waals surface area (Å²) in [7, 11) is 4.64. The molecule has 5 rings (SSSR count). The van der Waals surface area contributed by atoms with Crippen LogP contribution in [0.2, 0.25) is 0 Å². The second-order valence-corrected chi connectivity index (χ2v) is 8.79. The van der Waals surface area contributed by atoms with E-state index in [4.69, 9.17) is 9.47 Å². The SMILES string of the molecule is COc1cc(OC)c(F)c(N2Cc3cnc4[nH]ccc4c3N(CCN3CCN(C)CC3)C2=O)c1F. The van der Waals surface area contributed by atoms with E-state index in [1.807, 2.05) is 6.07 Å². The minimum atomic E-state index is -0.961. The molecule has 0 saturated carbocycles. The summed E-state index contributed by atoms with van der Waals surface area (Å²) in [5.74, 6) is -2.34. The van der Waals surface area contributed by atoms with Gasteiger partial charge in [-0.1, -0.05) is 0 Å². The molecule has 0 unspecified atom stereocenters. The standard InChI is InChI=1S/C24H28F2N6O3/c1-29-6-8-30(9-7-29)10-11-31-21-15(13-28-23-16(21)4-5-27-23)14-32(24(31)33)22-19(25)17(34-2)12-18(35-3)20(22)26/h4-5,12-13H,6-11,14H2,1-3H3,(H,27,28). The van der Waals surface area contributed by atoms with Gasteiger partial charge in [0.1, 0.15) is 11.3 Å². The molecule has 3 aromatic rings. The molecule has 2 aliphatic heterocycles. The normalized spacial score (nSPS) is 17.2. The van der Waals surface area contributed by atoms with Crippen LogP contribution >= 0.6 is 0 Å². The van der Waals surface area contributed by atoms with Gasteiger partial charge >= 0.3 is 6.03 Å². The summed E-state index contributed by atoms with van der Waals surface area (Å²) >= 11 is 0. The third-order valence-electron chi connectivity index (χ3n) is 6.75. The zero-order valence-corrected chi connectivity index (χ0v) is 20.0. The van der Waals surface area contributed by atoms with Gasteiger partial charge in [-0.25, -0.2) is 18.6 Å². The topological polar surface area (TPSA) is 77.2 Å². The van der Waals surface area contributed by atoms with Gasteiger partial charge in [-0.2, -0.15) is 0 Å². The molecule has 1 N–H and O–H groups in total. The van der Waals surface area contributed by atoms with Gasteiger partial charge in [0.15, 0.2) is 23.1 Å². The number of nitrogens with one attached hydrogen (secondary N) is 1. The highest BCUT2D eigenvalue weighted by molar-refractivity contribution is 6.11. The fourth-order valence-electron chi connectivity index (χ4n) is 4.75.